The molecule has 0 spiro atoms. The van der Waals surface area contributed by atoms with Gasteiger partial charge in [-0.25, -0.2) is 13.4 Å². The summed E-state index contributed by atoms with van der Waals surface area (Å²) in [7, 11) is -3.49. The van der Waals surface area contributed by atoms with E-state index in [1.165, 1.54) is 28.5 Å². The summed E-state index contributed by atoms with van der Waals surface area (Å²) in [6.45, 7) is 4.68. The monoisotopic (exact) mass is 422 g/mol. The van der Waals surface area contributed by atoms with Crippen LogP contribution in [0.5, 0.6) is 0 Å². The number of sulfonamides is 1. The number of rotatable bonds is 7. The number of likely N-dealkylation sites (tertiary alicyclic amines) is 1. The highest BCUT2D eigenvalue weighted by Crippen LogP contribution is 2.17. The molecule has 0 radical (unpaired) electrons. The van der Waals surface area contributed by atoms with Gasteiger partial charge in [0.1, 0.15) is 17.6 Å². The number of nitrogens with zero attached hydrogens (tertiary/aromatic N) is 1. The first-order chi connectivity index (χ1) is 14.1. The molecule has 9 heteroatoms. The zero-order chi connectivity index (χ0) is 20.1. The van der Waals surface area contributed by atoms with Crippen molar-refractivity contribution in [3.63, 3.8) is 0 Å². The van der Waals surface area contributed by atoms with Crippen LogP contribution >= 0.6 is 0 Å². The summed E-state index contributed by atoms with van der Waals surface area (Å²) in [6, 6.07) is 7.64. The number of quaternary nitrogens is 1. The van der Waals surface area contributed by atoms with E-state index >= 15 is 0 Å². The van der Waals surface area contributed by atoms with Crippen molar-refractivity contribution < 1.29 is 27.5 Å². The number of anilines is 1. The molecular formula is C20H30N4O4S+2. The molecule has 0 saturated carbocycles. The van der Waals surface area contributed by atoms with Gasteiger partial charge in [-0.05, 0) is 37.5 Å². The highest BCUT2D eigenvalue weighted by Gasteiger charge is 2.30. The zero-order valence-corrected chi connectivity index (χ0v) is 17.4. The molecule has 2 aliphatic rings. The minimum absolute atomic E-state index is 0.232. The number of nitrogens with one attached hydrogen (secondary N) is 3. The first-order valence-electron chi connectivity index (χ1n) is 10.4. The van der Waals surface area contributed by atoms with Crippen LogP contribution in [-0.4, -0.2) is 58.7 Å². The summed E-state index contributed by atoms with van der Waals surface area (Å²) >= 11 is 0. The third kappa shape index (κ3) is 4.80. The molecule has 0 aromatic carbocycles. The van der Waals surface area contributed by atoms with Gasteiger partial charge in [0.25, 0.3) is 5.82 Å². The third-order valence-corrected chi connectivity index (χ3v) is 7.66. The van der Waals surface area contributed by atoms with Crippen LogP contribution in [0.25, 0.3) is 0 Å². The second kappa shape index (κ2) is 9.25. The van der Waals surface area contributed by atoms with Crippen molar-refractivity contribution in [1.82, 2.24) is 4.31 Å². The number of aromatic nitrogens is 1. The van der Waals surface area contributed by atoms with Gasteiger partial charge in [-0.3, -0.25) is 5.32 Å². The van der Waals surface area contributed by atoms with Gasteiger partial charge in [0.05, 0.1) is 32.6 Å². The lowest BCUT2D eigenvalue weighted by Crippen LogP contribution is -3.13. The van der Waals surface area contributed by atoms with E-state index in [4.69, 9.17) is 9.15 Å². The van der Waals surface area contributed by atoms with Crippen molar-refractivity contribution >= 4 is 15.8 Å². The number of H-pyrrole nitrogens is 1. The van der Waals surface area contributed by atoms with Crippen LogP contribution in [0.15, 0.2) is 46.0 Å². The molecule has 3 N–H and O–H groups in total. The van der Waals surface area contributed by atoms with Crippen LogP contribution in [0, 0.1) is 0 Å². The first kappa shape index (κ1) is 20.3. The minimum atomic E-state index is -3.49. The molecule has 29 heavy (non-hydrogen) atoms. The second-order valence-electron chi connectivity index (χ2n) is 7.62. The number of morpholine rings is 1. The van der Waals surface area contributed by atoms with Gasteiger partial charge < -0.3 is 14.1 Å². The molecule has 158 valence electrons. The van der Waals surface area contributed by atoms with Crippen molar-refractivity contribution in [2.75, 3.05) is 51.3 Å². The number of hydrogen-bond acceptors (Lipinski definition) is 5. The topological polar surface area (TPSA) is 90.4 Å². The van der Waals surface area contributed by atoms with Crippen molar-refractivity contribution in [3.05, 3.63) is 42.5 Å². The van der Waals surface area contributed by atoms with E-state index < -0.39 is 10.0 Å². The third-order valence-electron chi connectivity index (χ3n) is 5.76. The summed E-state index contributed by atoms with van der Waals surface area (Å²) in [5.41, 5.74) is 0. The second-order valence-corrected chi connectivity index (χ2v) is 9.56. The fourth-order valence-electron chi connectivity index (χ4n) is 4.12. The van der Waals surface area contributed by atoms with Crippen LogP contribution in [0.3, 0.4) is 0 Å². The normalized spacial score (nSPS) is 20.4. The van der Waals surface area contributed by atoms with Crippen molar-refractivity contribution in [3.8, 4) is 0 Å². The Labute approximate surface area is 171 Å². The number of furan rings is 1. The Morgan fingerprint density at radius 1 is 1.14 bits per heavy atom. The SMILES string of the molecule is O=S(=O)(c1ccc(NC[C@@H](c2ccco2)[NH+]2CCCCC2)[nH+]c1)N1CCOCC1. The molecule has 0 unspecified atom stereocenters. The molecule has 0 amide bonds. The summed E-state index contributed by atoms with van der Waals surface area (Å²) in [5, 5.41) is 3.42. The molecule has 0 aliphatic carbocycles. The zero-order valence-electron chi connectivity index (χ0n) is 16.6. The van der Waals surface area contributed by atoms with E-state index in [-0.39, 0.29) is 10.9 Å². The Morgan fingerprint density at radius 3 is 2.59 bits per heavy atom. The Bertz CT molecular complexity index is 858. The van der Waals surface area contributed by atoms with Crippen LogP contribution in [0.2, 0.25) is 0 Å². The molecule has 4 rings (SSSR count). The number of piperidine rings is 1. The van der Waals surface area contributed by atoms with Crippen LogP contribution in [-0.2, 0) is 14.8 Å². The summed E-state index contributed by atoms with van der Waals surface area (Å²) in [4.78, 5) is 4.90. The van der Waals surface area contributed by atoms with Gasteiger partial charge in [-0.1, -0.05) is 0 Å². The average Bonchev–Trinajstić information content (AvgIpc) is 3.30. The smallest absolute Gasteiger partial charge is 0.272 e. The summed E-state index contributed by atoms with van der Waals surface area (Å²) in [6.07, 6.45) is 7.07. The van der Waals surface area contributed by atoms with Gasteiger partial charge in [0.15, 0.2) is 11.8 Å². The van der Waals surface area contributed by atoms with Crippen LogP contribution in [0.4, 0.5) is 5.82 Å². The first-order valence-corrected chi connectivity index (χ1v) is 11.8. The van der Waals surface area contributed by atoms with E-state index in [0.29, 0.717) is 26.3 Å². The largest absolute Gasteiger partial charge is 0.463 e. The molecule has 2 aliphatic heterocycles. The summed E-state index contributed by atoms with van der Waals surface area (Å²) in [5.74, 6) is 1.78. The van der Waals surface area contributed by atoms with E-state index in [1.807, 2.05) is 12.1 Å². The Morgan fingerprint density at radius 2 is 1.93 bits per heavy atom. The number of ether oxygens (including phenoxy) is 1. The molecule has 8 nitrogen and oxygen atoms in total. The van der Waals surface area contributed by atoms with Crippen LogP contribution < -0.4 is 15.2 Å². The van der Waals surface area contributed by atoms with E-state index in [2.05, 4.69) is 10.3 Å². The van der Waals surface area contributed by atoms with Gasteiger partial charge >= 0.3 is 0 Å². The van der Waals surface area contributed by atoms with Crippen LogP contribution in [0.1, 0.15) is 31.1 Å². The highest BCUT2D eigenvalue weighted by molar-refractivity contribution is 7.89. The average molecular weight is 423 g/mol. The van der Waals surface area contributed by atoms with Crippen molar-refractivity contribution in [1.29, 1.82) is 0 Å². The molecule has 2 aromatic rings. The van der Waals surface area contributed by atoms with Crippen molar-refractivity contribution in [2.45, 2.75) is 30.2 Å². The maximum Gasteiger partial charge on any atom is 0.272 e. The van der Waals surface area contributed by atoms with E-state index in [0.717, 1.165) is 31.2 Å². The molecule has 2 aromatic heterocycles. The molecule has 4 heterocycles. The Balaban J connectivity index is 1.42. The van der Waals surface area contributed by atoms with Gasteiger partial charge in [-0.2, -0.15) is 4.31 Å². The fourth-order valence-corrected chi connectivity index (χ4v) is 5.49. The summed E-state index contributed by atoms with van der Waals surface area (Å²) < 4.78 is 37.9. The molecule has 2 fully saturated rings. The molecule has 0 bridgehead atoms. The maximum atomic E-state index is 12.7. The molecule has 2 saturated heterocycles. The lowest BCUT2D eigenvalue weighted by molar-refractivity contribution is -0.935. The number of pyridine rings is 1. The van der Waals surface area contributed by atoms with Gasteiger partial charge in [0.2, 0.25) is 10.0 Å². The Hall–Kier alpha value is -1.94. The lowest BCUT2D eigenvalue weighted by atomic mass is 10.1. The quantitative estimate of drug-likeness (QED) is 0.672. The Kier molecular flexibility index (Phi) is 6.49. The highest BCUT2D eigenvalue weighted by atomic mass is 32.2. The predicted molar refractivity (Wildman–Crippen MR) is 107 cm³/mol. The van der Waals surface area contributed by atoms with Gasteiger partial charge in [-0.15, -0.1) is 0 Å². The minimum Gasteiger partial charge on any atom is -0.463 e. The maximum absolute atomic E-state index is 12.7. The van der Waals surface area contributed by atoms with E-state index in [1.54, 1.807) is 24.6 Å². The number of hydrogen-bond donors (Lipinski definition) is 2. The molecular weight excluding hydrogens is 392 g/mol. The predicted octanol–water partition coefficient (Wildman–Crippen LogP) is 0.337. The van der Waals surface area contributed by atoms with E-state index in [9.17, 15) is 8.42 Å². The fraction of sp³-hybridized carbons (Fsp3) is 0.550. The lowest BCUT2D eigenvalue weighted by Gasteiger charge is -2.29. The van der Waals surface area contributed by atoms with Gasteiger partial charge in [0, 0.05) is 19.2 Å². The molecule has 1 atom stereocenters. The van der Waals surface area contributed by atoms with Crippen molar-refractivity contribution in [2.24, 2.45) is 0 Å². The standard InChI is InChI=1S/C20H28N4O4S/c25-29(26,24-10-13-27-14-11-24)17-6-7-20(21-15-17)22-16-18(19-5-4-12-28-19)23-8-2-1-3-9-23/h4-7,12,15,18H,1-3,8-11,13-14,16H2,(H,21,22)/p+2/t18-/m0/s1. The number of aromatic amines is 1.